The minimum atomic E-state index is 0.208. The van der Waals surface area contributed by atoms with Gasteiger partial charge in [0.25, 0.3) is 0 Å². The fourth-order valence-corrected chi connectivity index (χ4v) is 3.38. The molecule has 3 nitrogen and oxygen atoms in total. The van der Waals surface area contributed by atoms with E-state index in [-0.39, 0.29) is 12.2 Å². The standard InChI is InChI=1S/C15H30N2O/c1-4-14-7-12(2)10-17(11-14)6-5-15-9-16-8-13(3)18-15/h12-16H,4-11H2,1-3H3/i/hT. The Kier molecular flexibility index (Phi) is 4.92. The molecule has 0 aliphatic carbocycles. The highest BCUT2D eigenvalue weighted by Gasteiger charge is 2.25. The predicted octanol–water partition coefficient (Wildman–Crippen LogP) is 2.12. The first kappa shape index (κ1) is 12.9. The lowest BCUT2D eigenvalue weighted by Gasteiger charge is -2.37. The van der Waals surface area contributed by atoms with E-state index in [2.05, 4.69) is 25.7 Å². The van der Waals surface area contributed by atoms with Crippen molar-refractivity contribution < 1.29 is 6.15 Å². The highest BCUT2D eigenvalue weighted by atomic mass is 16.5. The number of nitrogens with one attached hydrogen (secondary N) is 1. The molecular formula is C15H30N2O. The first-order valence-electron chi connectivity index (χ1n) is 8.13. The first-order chi connectivity index (χ1) is 9.06. The van der Waals surface area contributed by atoms with Gasteiger partial charge >= 0.3 is 0 Å². The minimum Gasteiger partial charge on any atom is -0.373 e. The van der Waals surface area contributed by atoms with Gasteiger partial charge in [0.15, 0.2) is 0 Å². The van der Waals surface area contributed by atoms with Gasteiger partial charge in [-0.25, -0.2) is 0 Å². The van der Waals surface area contributed by atoms with E-state index in [1.165, 1.54) is 25.9 Å². The van der Waals surface area contributed by atoms with E-state index in [0.717, 1.165) is 37.9 Å². The van der Waals surface area contributed by atoms with Crippen LogP contribution in [0.3, 0.4) is 0 Å². The summed E-state index contributed by atoms with van der Waals surface area (Å²) in [6.45, 7) is 11.9. The number of morpholine rings is 1. The maximum Gasteiger partial charge on any atom is 0.122 e. The summed E-state index contributed by atoms with van der Waals surface area (Å²) in [7, 11) is 0. The Balaban J connectivity index is 1.75. The summed E-state index contributed by atoms with van der Waals surface area (Å²) >= 11 is 0. The summed E-state index contributed by atoms with van der Waals surface area (Å²) in [6.07, 6.45) is 4.23. The molecule has 0 aromatic heterocycles. The molecule has 0 radical (unpaired) electrons. The second-order valence-corrected chi connectivity index (χ2v) is 6.32. The lowest BCUT2D eigenvalue weighted by molar-refractivity contribution is -0.0367. The second kappa shape index (κ2) is 6.88. The Morgan fingerprint density at radius 1 is 1.33 bits per heavy atom. The van der Waals surface area contributed by atoms with Crippen LogP contribution in [0.4, 0.5) is 0 Å². The fourth-order valence-electron chi connectivity index (χ4n) is 3.38. The maximum absolute atomic E-state index is 7.79. The molecule has 0 spiro atoms. The van der Waals surface area contributed by atoms with E-state index in [4.69, 9.17) is 6.15 Å². The Hall–Kier alpha value is -0.120. The molecule has 2 fully saturated rings. The molecule has 18 heavy (non-hydrogen) atoms. The van der Waals surface area contributed by atoms with Crippen molar-refractivity contribution >= 4 is 0 Å². The molecule has 4 atom stereocenters. The molecule has 1 N–H and O–H groups in total. The highest BCUT2D eigenvalue weighted by molar-refractivity contribution is 4.79. The predicted molar refractivity (Wildman–Crippen MR) is 75.8 cm³/mol. The van der Waals surface area contributed by atoms with Gasteiger partial charge in [-0.15, -0.1) is 0 Å². The molecule has 106 valence electrons. The molecule has 2 rings (SSSR count). The normalized spacial score (nSPS) is 40.7. The quantitative estimate of drug-likeness (QED) is 0.834. The molecule has 0 aromatic rings. The monoisotopic (exact) mass is 256 g/mol. The van der Waals surface area contributed by atoms with Crippen molar-refractivity contribution in [3.8, 4) is 0 Å². The maximum atomic E-state index is 7.79. The molecular weight excluding hydrogens is 224 g/mol. The third-order valence-corrected chi connectivity index (χ3v) is 4.31. The Bertz CT molecular complexity index is 267. The molecule has 2 saturated heterocycles. The zero-order valence-electron chi connectivity index (χ0n) is 13.3. The van der Waals surface area contributed by atoms with Gasteiger partial charge in [0.05, 0.1) is 12.2 Å². The summed E-state index contributed by atoms with van der Waals surface area (Å²) in [5, 5.41) is 1.66. The Labute approximate surface area is 114 Å². The van der Waals surface area contributed by atoms with Gasteiger partial charge in [0, 0.05) is 32.7 Å². The van der Waals surface area contributed by atoms with Crippen LogP contribution in [0.5, 0.6) is 0 Å². The summed E-state index contributed by atoms with van der Waals surface area (Å²) in [5.41, 5.74) is 0. The van der Waals surface area contributed by atoms with Crippen LogP contribution in [-0.4, -0.2) is 49.8 Å². The summed E-state index contributed by atoms with van der Waals surface area (Å²) in [6, 6.07) is 0. The Morgan fingerprint density at radius 3 is 2.89 bits per heavy atom. The van der Waals surface area contributed by atoms with Crippen LogP contribution in [0.1, 0.15) is 40.0 Å². The van der Waals surface area contributed by atoms with E-state index < -0.39 is 0 Å². The number of nitrogens with zero attached hydrogens (tertiary/aromatic N) is 1. The van der Waals surface area contributed by atoms with Crippen molar-refractivity contribution in [3.05, 3.63) is 0 Å². The van der Waals surface area contributed by atoms with E-state index in [0.29, 0.717) is 0 Å². The van der Waals surface area contributed by atoms with Crippen LogP contribution in [0, 0.1) is 11.8 Å². The van der Waals surface area contributed by atoms with Gasteiger partial charge in [-0.3, -0.25) is 0 Å². The zero-order valence-corrected chi connectivity index (χ0v) is 12.3. The van der Waals surface area contributed by atoms with E-state index in [1.807, 2.05) is 0 Å². The number of piperidine rings is 1. The van der Waals surface area contributed by atoms with E-state index in [9.17, 15) is 0 Å². The average molecular weight is 256 g/mol. The van der Waals surface area contributed by atoms with E-state index >= 15 is 0 Å². The lowest BCUT2D eigenvalue weighted by atomic mass is 9.88. The molecule has 0 amide bonds. The van der Waals surface area contributed by atoms with Gasteiger partial charge in [-0.2, -0.15) is 0 Å². The number of likely N-dealkylation sites (tertiary alicyclic amines) is 1. The number of hydrogen-bond acceptors (Lipinski definition) is 3. The van der Waals surface area contributed by atoms with Crippen molar-refractivity contribution in [1.82, 2.24) is 10.2 Å². The van der Waals surface area contributed by atoms with Crippen molar-refractivity contribution in [2.75, 3.05) is 32.7 Å². The third-order valence-electron chi connectivity index (χ3n) is 4.31. The molecule has 2 aliphatic heterocycles. The highest BCUT2D eigenvalue weighted by Crippen LogP contribution is 2.24. The average Bonchev–Trinajstić information content (AvgIpc) is 2.34. The van der Waals surface area contributed by atoms with Crippen molar-refractivity contribution in [1.29, 1.82) is 0 Å². The van der Waals surface area contributed by atoms with Crippen LogP contribution in [0.25, 0.3) is 0 Å². The molecule has 0 aromatic carbocycles. The Morgan fingerprint density at radius 2 is 2.17 bits per heavy atom. The van der Waals surface area contributed by atoms with Crippen LogP contribution in [0.2, 0.25) is 1.41 Å². The van der Waals surface area contributed by atoms with Gasteiger partial charge in [-0.1, -0.05) is 20.3 Å². The number of ether oxygens (including phenoxy) is 1. The molecule has 0 bridgehead atoms. The van der Waals surface area contributed by atoms with Gasteiger partial charge in [0.1, 0.15) is 1.41 Å². The largest absolute Gasteiger partial charge is 0.373 e. The number of rotatable bonds is 4. The zero-order chi connectivity index (χ0) is 13.8. The number of hydrogen-bond donors (Lipinski definition) is 1. The first-order valence-corrected chi connectivity index (χ1v) is 7.68. The molecule has 2 heterocycles. The van der Waals surface area contributed by atoms with Crippen LogP contribution < -0.4 is 5.31 Å². The lowest BCUT2D eigenvalue weighted by Crippen LogP contribution is -2.46. The smallest absolute Gasteiger partial charge is 0.122 e. The second-order valence-electron chi connectivity index (χ2n) is 6.32. The molecule has 3 heteroatoms. The summed E-state index contributed by atoms with van der Waals surface area (Å²) < 4.78 is 13.7. The SMILES string of the molecule is [3H]N1CC(C)OC(CCN2CC(C)CC(CC)C2)C1. The van der Waals surface area contributed by atoms with E-state index in [1.54, 1.807) is 5.31 Å². The van der Waals surface area contributed by atoms with Crippen molar-refractivity contribution in [2.45, 2.75) is 52.2 Å². The summed E-state index contributed by atoms with van der Waals surface area (Å²) in [4.78, 5) is 2.61. The van der Waals surface area contributed by atoms with Crippen molar-refractivity contribution in [2.24, 2.45) is 11.8 Å². The third kappa shape index (κ3) is 4.22. The van der Waals surface area contributed by atoms with Crippen molar-refractivity contribution in [3.63, 3.8) is 0 Å². The molecule has 0 saturated carbocycles. The van der Waals surface area contributed by atoms with Crippen LogP contribution >= 0.6 is 0 Å². The van der Waals surface area contributed by atoms with Crippen LogP contribution in [-0.2, 0) is 4.74 Å². The van der Waals surface area contributed by atoms with Gasteiger partial charge in [0.2, 0.25) is 0 Å². The molecule has 2 aliphatic rings. The topological polar surface area (TPSA) is 24.5 Å². The fraction of sp³-hybridized carbons (Fsp3) is 1.00. The van der Waals surface area contributed by atoms with Crippen LogP contribution in [0.15, 0.2) is 0 Å². The van der Waals surface area contributed by atoms with Gasteiger partial charge in [-0.05, 0) is 31.6 Å². The minimum absolute atomic E-state index is 0.208. The molecule has 4 unspecified atom stereocenters. The summed E-state index contributed by atoms with van der Waals surface area (Å²) in [5.74, 6) is 1.71. The van der Waals surface area contributed by atoms with Gasteiger partial charge < -0.3 is 14.9 Å².